The molecule has 1 aromatic heterocycles. The number of hydrogen-bond acceptors (Lipinski definition) is 3. The van der Waals surface area contributed by atoms with Crippen molar-refractivity contribution in [1.82, 2.24) is 4.98 Å². The van der Waals surface area contributed by atoms with E-state index in [-0.39, 0.29) is 11.0 Å². The number of aromatic nitrogens is 1. The lowest BCUT2D eigenvalue weighted by molar-refractivity contribution is 0.419. The molecule has 3 heteroatoms. The third kappa shape index (κ3) is 2.55. The summed E-state index contributed by atoms with van der Waals surface area (Å²) in [7, 11) is 0. The lowest BCUT2D eigenvalue weighted by Crippen LogP contribution is -2.33. The fraction of sp³-hybridized carbons (Fsp3) is 0.786. The van der Waals surface area contributed by atoms with Crippen LogP contribution in [-0.2, 0) is 11.0 Å². The van der Waals surface area contributed by atoms with Crippen LogP contribution in [-0.4, -0.2) is 4.98 Å². The molecule has 0 radical (unpaired) electrons. The summed E-state index contributed by atoms with van der Waals surface area (Å²) in [6.07, 6.45) is 4.72. The molecule has 2 nitrogen and oxygen atoms in total. The molecule has 1 aliphatic carbocycles. The van der Waals surface area contributed by atoms with Gasteiger partial charge < -0.3 is 5.73 Å². The Hall–Kier alpha value is -0.410. The molecule has 96 valence electrons. The average Bonchev–Trinajstić information content (AvgIpc) is 2.83. The van der Waals surface area contributed by atoms with Crippen molar-refractivity contribution < 1.29 is 0 Å². The molecule has 0 spiro atoms. The first-order valence-corrected chi connectivity index (χ1v) is 7.48. The second-order valence-corrected chi connectivity index (χ2v) is 7.32. The van der Waals surface area contributed by atoms with E-state index in [9.17, 15) is 0 Å². The molecule has 17 heavy (non-hydrogen) atoms. The Morgan fingerprint density at radius 3 is 2.71 bits per heavy atom. The minimum Gasteiger partial charge on any atom is -0.319 e. The molecule has 0 saturated heterocycles. The van der Waals surface area contributed by atoms with Crippen molar-refractivity contribution in [3.05, 3.63) is 16.1 Å². The van der Waals surface area contributed by atoms with E-state index in [0.29, 0.717) is 0 Å². The SMILES string of the molecule is CCC1CCC(N)(c2nc(C(C)(C)C)cs2)C1. The molecule has 0 amide bonds. The van der Waals surface area contributed by atoms with Crippen molar-refractivity contribution in [3.8, 4) is 0 Å². The summed E-state index contributed by atoms with van der Waals surface area (Å²) in [5, 5.41) is 3.34. The zero-order valence-electron chi connectivity index (χ0n) is 11.4. The number of nitrogens with zero attached hydrogens (tertiary/aromatic N) is 1. The van der Waals surface area contributed by atoms with Crippen molar-refractivity contribution in [3.63, 3.8) is 0 Å². The Morgan fingerprint density at radius 1 is 1.53 bits per heavy atom. The summed E-state index contributed by atoms with van der Waals surface area (Å²) in [4.78, 5) is 4.80. The standard InChI is InChI=1S/C14H24N2S/c1-5-10-6-7-14(15,8-10)12-16-11(9-17-12)13(2,3)4/h9-10H,5-8,15H2,1-4H3. The highest BCUT2D eigenvalue weighted by atomic mass is 32.1. The highest BCUT2D eigenvalue weighted by Gasteiger charge is 2.39. The van der Waals surface area contributed by atoms with Gasteiger partial charge in [-0.3, -0.25) is 0 Å². The number of rotatable bonds is 2. The molecular weight excluding hydrogens is 228 g/mol. The van der Waals surface area contributed by atoms with Crippen LogP contribution < -0.4 is 5.73 Å². The third-order valence-electron chi connectivity index (χ3n) is 3.93. The third-order valence-corrected chi connectivity index (χ3v) is 4.99. The van der Waals surface area contributed by atoms with Gasteiger partial charge in [0.1, 0.15) is 5.01 Å². The van der Waals surface area contributed by atoms with Gasteiger partial charge in [0.05, 0.1) is 11.2 Å². The van der Waals surface area contributed by atoms with E-state index < -0.39 is 0 Å². The van der Waals surface area contributed by atoms with Gasteiger partial charge >= 0.3 is 0 Å². The van der Waals surface area contributed by atoms with E-state index in [1.54, 1.807) is 11.3 Å². The van der Waals surface area contributed by atoms with Crippen LogP contribution in [0.25, 0.3) is 0 Å². The van der Waals surface area contributed by atoms with Gasteiger partial charge in [-0.05, 0) is 25.2 Å². The average molecular weight is 252 g/mol. The topological polar surface area (TPSA) is 38.9 Å². The van der Waals surface area contributed by atoms with Gasteiger partial charge in [-0.1, -0.05) is 34.1 Å². The highest BCUT2D eigenvalue weighted by Crippen LogP contribution is 2.43. The van der Waals surface area contributed by atoms with Crippen LogP contribution in [0.4, 0.5) is 0 Å². The molecule has 1 aliphatic rings. The molecule has 1 saturated carbocycles. The van der Waals surface area contributed by atoms with Gasteiger partial charge in [0.2, 0.25) is 0 Å². The molecule has 0 aromatic carbocycles. The van der Waals surface area contributed by atoms with E-state index in [0.717, 1.165) is 23.8 Å². The van der Waals surface area contributed by atoms with E-state index in [1.807, 2.05) is 0 Å². The molecule has 0 aliphatic heterocycles. The van der Waals surface area contributed by atoms with Gasteiger partial charge in [-0.2, -0.15) is 0 Å². The van der Waals surface area contributed by atoms with E-state index in [1.165, 1.54) is 18.5 Å². The predicted octanol–water partition coefficient (Wildman–Crippen LogP) is 3.80. The first kappa shape index (κ1) is 13.0. The highest BCUT2D eigenvalue weighted by molar-refractivity contribution is 7.09. The summed E-state index contributed by atoms with van der Waals surface area (Å²) in [5.41, 5.74) is 7.72. The van der Waals surface area contributed by atoms with Crippen molar-refractivity contribution in [2.75, 3.05) is 0 Å². The second-order valence-electron chi connectivity index (χ2n) is 6.46. The Kier molecular flexibility index (Phi) is 3.34. The molecule has 2 atom stereocenters. The maximum absolute atomic E-state index is 6.55. The maximum atomic E-state index is 6.55. The lowest BCUT2D eigenvalue weighted by Gasteiger charge is -2.22. The fourth-order valence-electron chi connectivity index (χ4n) is 2.57. The molecule has 1 heterocycles. The van der Waals surface area contributed by atoms with Gasteiger partial charge in [-0.15, -0.1) is 11.3 Å². The second kappa shape index (κ2) is 4.36. The molecular formula is C14H24N2S. The minimum absolute atomic E-state index is 0.133. The number of thiazole rings is 1. The fourth-order valence-corrected chi connectivity index (χ4v) is 3.77. The quantitative estimate of drug-likeness (QED) is 0.869. The zero-order chi connectivity index (χ0) is 12.7. The van der Waals surface area contributed by atoms with Crippen molar-refractivity contribution in [2.45, 2.75) is 64.3 Å². The Labute approximate surface area is 109 Å². The van der Waals surface area contributed by atoms with Crippen LogP contribution in [0.1, 0.15) is 64.1 Å². The van der Waals surface area contributed by atoms with Crippen molar-refractivity contribution in [2.24, 2.45) is 11.7 Å². The van der Waals surface area contributed by atoms with Gasteiger partial charge in [0.15, 0.2) is 0 Å². The van der Waals surface area contributed by atoms with Crippen LogP contribution in [0.3, 0.4) is 0 Å². The van der Waals surface area contributed by atoms with Gasteiger partial charge in [0, 0.05) is 10.8 Å². The summed E-state index contributed by atoms with van der Waals surface area (Å²) in [6, 6.07) is 0. The van der Waals surface area contributed by atoms with Crippen LogP contribution in [0.15, 0.2) is 5.38 Å². The summed E-state index contributed by atoms with van der Waals surface area (Å²) in [6.45, 7) is 8.88. The first-order valence-electron chi connectivity index (χ1n) is 6.60. The van der Waals surface area contributed by atoms with E-state index >= 15 is 0 Å². The minimum atomic E-state index is -0.144. The van der Waals surface area contributed by atoms with Crippen molar-refractivity contribution in [1.29, 1.82) is 0 Å². The van der Waals surface area contributed by atoms with Crippen LogP contribution >= 0.6 is 11.3 Å². The summed E-state index contributed by atoms with van der Waals surface area (Å²) < 4.78 is 0. The molecule has 2 N–H and O–H groups in total. The zero-order valence-corrected chi connectivity index (χ0v) is 12.2. The van der Waals surface area contributed by atoms with E-state index in [4.69, 9.17) is 10.7 Å². The summed E-state index contributed by atoms with van der Waals surface area (Å²) >= 11 is 1.75. The van der Waals surface area contributed by atoms with Crippen LogP contribution in [0.2, 0.25) is 0 Å². The molecule has 1 fully saturated rings. The largest absolute Gasteiger partial charge is 0.319 e. The Morgan fingerprint density at radius 2 is 2.24 bits per heavy atom. The van der Waals surface area contributed by atoms with Gasteiger partial charge in [-0.25, -0.2) is 4.98 Å². The smallest absolute Gasteiger partial charge is 0.113 e. The Balaban J connectivity index is 2.21. The van der Waals surface area contributed by atoms with Gasteiger partial charge in [0.25, 0.3) is 0 Å². The number of hydrogen-bond donors (Lipinski definition) is 1. The monoisotopic (exact) mass is 252 g/mol. The van der Waals surface area contributed by atoms with E-state index in [2.05, 4.69) is 33.1 Å². The first-order chi connectivity index (χ1) is 7.85. The maximum Gasteiger partial charge on any atom is 0.113 e. The summed E-state index contributed by atoms with van der Waals surface area (Å²) in [5.74, 6) is 0.794. The predicted molar refractivity (Wildman–Crippen MR) is 74.3 cm³/mol. The molecule has 2 rings (SSSR count). The number of nitrogens with two attached hydrogens (primary N) is 1. The normalized spacial score (nSPS) is 29.8. The lowest BCUT2D eigenvalue weighted by atomic mass is 9.92. The van der Waals surface area contributed by atoms with Crippen molar-refractivity contribution >= 4 is 11.3 Å². The van der Waals surface area contributed by atoms with Crippen LogP contribution in [0.5, 0.6) is 0 Å². The van der Waals surface area contributed by atoms with Crippen LogP contribution in [0, 0.1) is 5.92 Å². The molecule has 0 bridgehead atoms. The Bertz CT molecular complexity index is 391. The molecule has 1 aromatic rings. The molecule has 2 unspecified atom stereocenters.